The fraction of sp³-hybridized carbons (Fsp3) is 0.304. The van der Waals surface area contributed by atoms with Crippen molar-refractivity contribution in [3.05, 3.63) is 59.7 Å². The summed E-state index contributed by atoms with van der Waals surface area (Å²) in [6, 6.07) is 10.6. The zero-order valence-corrected chi connectivity index (χ0v) is 16.7. The van der Waals surface area contributed by atoms with Gasteiger partial charge in [-0.2, -0.15) is 5.10 Å². The maximum Gasteiger partial charge on any atom is 0.332 e. The van der Waals surface area contributed by atoms with Crippen molar-refractivity contribution >= 4 is 27.8 Å². The standard InChI is InChI=1S/C23H22FN3O3/c1-12(2)22-21(14-8-20(23(28)29)30-11-14)17-9-18-13(10-25-26-18)7-19(17)27(22)16-5-3-15(24)4-6-16/h3-7,9-10,12,14,20H,8,11H2,1-2H3,(H,25,26)(H,28,29)/t14-,20+/m1/s1. The first kappa shape index (κ1) is 18.8. The Morgan fingerprint density at radius 3 is 2.73 bits per heavy atom. The van der Waals surface area contributed by atoms with Gasteiger partial charge in [-0.1, -0.05) is 13.8 Å². The molecule has 2 aromatic carbocycles. The Hall–Kier alpha value is -3.19. The summed E-state index contributed by atoms with van der Waals surface area (Å²) in [6.45, 7) is 4.60. The van der Waals surface area contributed by atoms with Gasteiger partial charge >= 0.3 is 5.97 Å². The first-order valence-corrected chi connectivity index (χ1v) is 10.1. The third kappa shape index (κ3) is 2.89. The van der Waals surface area contributed by atoms with E-state index in [1.807, 2.05) is 0 Å². The van der Waals surface area contributed by atoms with E-state index in [4.69, 9.17) is 4.74 Å². The van der Waals surface area contributed by atoms with Crippen LogP contribution in [-0.2, 0) is 9.53 Å². The number of ether oxygens (including phenoxy) is 1. The number of hydrogen-bond acceptors (Lipinski definition) is 3. The Morgan fingerprint density at radius 1 is 1.30 bits per heavy atom. The number of halogens is 1. The van der Waals surface area contributed by atoms with Crippen molar-refractivity contribution in [2.24, 2.45) is 0 Å². The van der Waals surface area contributed by atoms with Gasteiger partial charge in [-0.3, -0.25) is 5.10 Å². The number of H-pyrrole nitrogens is 1. The van der Waals surface area contributed by atoms with Crippen molar-refractivity contribution in [3.63, 3.8) is 0 Å². The summed E-state index contributed by atoms with van der Waals surface area (Å²) in [7, 11) is 0. The van der Waals surface area contributed by atoms with E-state index >= 15 is 0 Å². The first-order valence-electron chi connectivity index (χ1n) is 10.1. The molecule has 1 fully saturated rings. The number of carboxylic acids is 1. The summed E-state index contributed by atoms with van der Waals surface area (Å²) in [6.07, 6.45) is 1.42. The zero-order valence-electron chi connectivity index (χ0n) is 16.7. The number of hydrogen-bond donors (Lipinski definition) is 2. The number of carboxylic acid groups (broad SMARTS) is 1. The van der Waals surface area contributed by atoms with Crippen LogP contribution in [0.3, 0.4) is 0 Å². The molecule has 2 N–H and O–H groups in total. The molecule has 5 rings (SSSR count). The Bertz CT molecular complexity index is 1260. The quantitative estimate of drug-likeness (QED) is 0.513. The number of aromatic nitrogens is 3. The molecule has 0 spiro atoms. The monoisotopic (exact) mass is 407 g/mol. The molecule has 6 nitrogen and oxygen atoms in total. The molecular weight excluding hydrogens is 385 g/mol. The summed E-state index contributed by atoms with van der Waals surface area (Å²) in [5.74, 6) is -1.08. The van der Waals surface area contributed by atoms with Crippen LogP contribution in [0.1, 0.15) is 43.4 Å². The molecule has 7 heteroatoms. The average molecular weight is 407 g/mol. The summed E-state index contributed by atoms with van der Waals surface area (Å²) >= 11 is 0. The molecule has 1 aliphatic heterocycles. The van der Waals surface area contributed by atoms with Gasteiger partial charge in [-0.05, 0) is 54.3 Å². The number of nitrogens with zero attached hydrogens (tertiary/aromatic N) is 2. The van der Waals surface area contributed by atoms with E-state index in [0.717, 1.165) is 38.8 Å². The molecule has 0 radical (unpaired) electrons. The van der Waals surface area contributed by atoms with Gasteiger partial charge < -0.3 is 14.4 Å². The lowest BCUT2D eigenvalue weighted by atomic mass is 9.90. The summed E-state index contributed by atoms with van der Waals surface area (Å²) in [5.41, 5.74) is 4.98. The number of nitrogens with one attached hydrogen (secondary N) is 1. The summed E-state index contributed by atoms with van der Waals surface area (Å²) < 4.78 is 21.4. The molecule has 2 aromatic heterocycles. The number of carbonyl (C=O) groups is 1. The molecule has 0 bridgehead atoms. The molecule has 1 aliphatic rings. The van der Waals surface area contributed by atoms with Crippen molar-refractivity contribution in [2.75, 3.05) is 6.61 Å². The zero-order chi connectivity index (χ0) is 21.0. The predicted octanol–water partition coefficient (Wildman–Crippen LogP) is 4.73. The van der Waals surface area contributed by atoms with Crippen molar-refractivity contribution in [1.82, 2.24) is 14.8 Å². The van der Waals surface area contributed by atoms with Crippen molar-refractivity contribution in [2.45, 2.75) is 38.2 Å². The second-order valence-corrected chi connectivity index (χ2v) is 8.18. The van der Waals surface area contributed by atoms with E-state index in [0.29, 0.717) is 13.0 Å². The van der Waals surface area contributed by atoms with E-state index in [1.165, 1.54) is 12.1 Å². The van der Waals surface area contributed by atoms with E-state index in [1.54, 1.807) is 18.3 Å². The third-order valence-corrected chi connectivity index (χ3v) is 5.92. The second kappa shape index (κ2) is 6.95. The highest BCUT2D eigenvalue weighted by Crippen LogP contribution is 2.43. The van der Waals surface area contributed by atoms with Crippen LogP contribution >= 0.6 is 0 Å². The Kier molecular flexibility index (Phi) is 4.36. The second-order valence-electron chi connectivity index (χ2n) is 8.18. The molecule has 30 heavy (non-hydrogen) atoms. The van der Waals surface area contributed by atoms with Crippen LogP contribution in [0.5, 0.6) is 0 Å². The van der Waals surface area contributed by atoms with Gasteiger partial charge in [-0.15, -0.1) is 0 Å². The molecule has 1 saturated heterocycles. The maximum absolute atomic E-state index is 13.6. The van der Waals surface area contributed by atoms with Gasteiger partial charge in [0.15, 0.2) is 6.10 Å². The molecule has 2 atom stereocenters. The van der Waals surface area contributed by atoms with E-state index in [2.05, 4.69) is 40.7 Å². The van der Waals surface area contributed by atoms with Gasteiger partial charge in [0.1, 0.15) is 5.82 Å². The maximum atomic E-state index is 13.6. The van der Waals surface area contributed by atoms with E-state index < -0.39 is 12.1 Å². The molecule has 4 aromatic rings. The van der Waals surface area contributed by atoms with Gasteiger partial charge in [0.05, 0.1) is 23.8 Å². The SMILES string of the molecule is CC(C)c1c([C@H]2CO[C@H](C(=O)O)C2)c2cc3[nH]ncc3cc2n1-c1ccc(F)cc1. The Morgan fingerprint density at radius 2 is 2.07 bits per heavy atom. The third-order valence-electron chi connectivity index (χ3n) is 5.92. The fourth-order valence-electron chi connectivity index (χ4n) is 4.64. The largest absolute Gasteiger partial charge is 0.479 e. The minimum Gasteiger partial charge on any atom is -0.479 e. The minimum absolute atomic E-state index is 0.0342. The number of aliphatic carboxylic acids is 1. The number of aromatic amines is 1. The summed E-state index contributed by atoms with van der Waals surface area (Å²) in [5, 5.41) is 18.6. The van der Waals surface area contributed by atoms with Gasteiger partial charge in [-0.25, -0.2) is 9.18 Å². The molecule has 0 unspecified atom stereocenters. The van der Waals surface area contributed by atoms with Crippen LogP contribution < -0.4 is 0 Å². The van der Waals surface area contributed by atoms with Crippen LogP contribution in [-0.4, -0.2) is 38.6 Å². The van der Waals surface area contributed by atoms with Crippen LogP contribution in [0.15, 0.2) is 42.6 Å². The van der Waals surface area contributed by atoms with Crippen LogP contribution in [0, 0.1) is 5.82 Å². The average Bonchev–Trinajstić information content (AvgIpc) is 3.43. The lowest BCUT2D eigenvalue weighted by molar-refractivity contribution is -0.147. The van der Waals surface area contributed by atoms with E-state index in [-0.39, 0.29) is 17.7 Å². The van der Waals surface area contributed by atoms with Crippen molar-refractivity contribution in [3.8, 4) is 5.69 Å². The fourth-order valence-corrected chi connectivity index (χ4v) is 4.64. The lowest BCUT2D eigenvalue weighted by Crippen LogP contribution is -2.18. The Balaban J connectivity index is 1.82. The summed E-state index contributed by atoms with van der Waals surface area (Å²) in [4.78, 5) is 11.5. The Labute approximate surface area is 172 Å². The molecule has 0 saturated carbocycles. The molecule has 0 aliphatic carbocycles. The highest BCUT2D eigenvalue weighted by molar-refractivity contribution is 5.99. The predicted molar refractivity (Wildman–Crippen MR) is 112 cm³/mol. The molecule has 154 valence electrons. The van der Waals surface area contributed by atoms with Crippen LogP contribution in [0.25, 0.3) is 27.5 Å². The van der Waals surface area contributed by atoms with E-state index in [9.17, 15) is 14.3 Å². The van der Waals surface area contributed by atoms with Crippen LogP contribution in [0.4, 0.5) is 4.39 Å². The normalized spacial score (nSPS) is 19.3. The molecule has 0 amide bonds. The van der Waals surface area contributed by atoms with Gasteiger partial charge in [0.2, 0.25) is 0 Å². The first-order chi connectivity index (χ1) is 14.4. The number of benzene rings is 2. The molecule has 3 heterocycles. The van der Waals surface area contributed by atoms with Crippen molar-refractivity contribution < 1.29 is 19.0 Å². The van der Waals surface area contributed by atoms with Crippen molar-refractivity contribution in [1.29, 1.82) is 0 Å². The van der Waals surface area contributed by atoms with Gasteiger partial charge in [0, 0.05) is 28.1 Å². The molecular formula is C23H22FN3O3. The number of fused-ring (bicyclic) bond motifs is 2. The number of rotatable bonds is 4. The van der Waals surface area contributed by atoms with Gasteiger partial charge in [0.25, 0.3) is 0 Å². The smallest absolute Gasteiger partial charge is 0.332 e. The highest BCUT2D eigenvalue weighted by atomic mass is 19.1. The highest BCUT2D eigenvalue weighted by Gasteiger charge is 2.36. The topological polar surface area (TPSA) is 80.1 Å². The lowest BCUT2D eigenvalue weighted by Gasteiger charge is -2.18. The minimum atomic E-state index is -0.929. The van der Waals surface area contributed by atoms with Crippen LogP contribution in [0.2, 0.25) is 0 Å².